The minimum atomic E-state index is -0.961. The predicted molar refractivity (Wildman–Crippen MR) is 200 cm³/mol. The number of nitrogens with one attached hydrogen (secondary N) is 2. The van der Waals surface area contributed by atoms with Crippen LogP contribution < -0.4 is 16.4 Å². The number of nitrogens with zero attached hydrogens (tertiary/aromatic N) is 4. The van der Waals surface area contributed by atoms with Crippen LogP contribution in [-0.4, -0.2) is 105 Å². The molecule has 1 aromatic heterocycles. The first-order valence-corrected chi connectivity index (χ1v) is 17.0. The number of amides is 3. The molecule has 0 spiro atoms. The second-order valence-electron chi connectivity index (χ2n) is 15.9. The molecule has 6 N–H and O–H groups in total. The van der Waals surface area contributed by atoms with Crippen LogP contribution in [0.1, 0.15) is 110 Å². The van der Waals surface area contributed by atoms with E-state index in [0.29, 0.717) is 5.84 Å². The minimum Gasteiger partial charge on any atom is -0.481 e. The maximum absolute atomic E-state index is 11.8. The molecule has 0 bridgehead atoms. The molecule has 53 heavy (non-hydrogen) atoms. The third-order valence-corrected chi connectivity index (χ3v) is 5.81. The highest BCUT2D eigenvalue weighted by Crippen LogP contribution is 2.15. The van der Waals surface area contributed by atoms with E-state index in [1.165, 1.54) is 29.9 Å². The summed E-state index contributed by atoms with van der Waals surface area (Å²) in [7, 11) is 0. The van der Waals surface area contributed by atoms with Crippen LogP contribution in [-0.2, 0) is 28.5 Å². The van der Waals surface area contributed by atoms with Gasteiger partial charge in [-0.2, -0.15) is 5.10 Å². The van der Waals surface area contributed by atoms with Crippen LogP contribution in [0.15, 0.2) is 28.4 Å². The number of carbonyl (C=O) groups excluding carboxylic acids is 3. The van der Waals surface area contributed by atoms with E-state index in [1.807, 2.05) is 0 Å². The van der Waals surface area contributed by atoms with E-state index in [1.54, 1.807) is 103 Å². The molecule has 2 heterocycles. The second kappa shape index (κ2) is 22.5. The van der Waals surface area contributed by atoms with Gasteiger partial charge in [0.2, 0.25) is 5.96 Å². The Balaban J connectivity index is 0. The van der Waals surface area contributed by atoms with Gasteiger partial charge in [-0.1, -0.05) is 0 Å². The van der Waals surface area contributed by atoms with Crippen molar-refractivity contribution in [2.24, 2.45) is 26.5 Å². The van der Waals surface area contributed by atoms with Crippen LogP contribution in [0.4, 0.5) is 14.4 Å². The molecule has 0 aliphatic carbocycles. The summed E-state index contributed by atoms with van der Waals surface area (Å²) < 4.78 is 21.4. The predicted octanol–water partition coefficient (Wildman–Crippen LogP) is 5.44. The Morgan fingerprint density at radius 3 is 1.55 bits per heavy atom. The molecule has 0 saturated carbocycles. The first kappa shape index (κ1) is 50.5. The van der Waals surface area contributed by atoms with Crippen molar-refractivity contribution >= 4 is 42.0 Å². The number of hydrogen-bond donors (Lipinski definition) is 5. The lowest BCUT2D eigenvalue weighted by molar-refractivity contribution is -0.147. The summed E-state index contributed by atoms with van der Waals surface area (Å²) in [6, 6.07) is 1.63. The molecular formula is C35H63N7O11. The zero-order valence-electron chi connectivity index (χ0n) is 33.9. The van der Waals surface area contributed by atoms with E-state index in [-0.39, 0.29) is 19.0 Å². The molecule has 18 nitrogen and oxygen atoms in total. The summed E-state index contributed by atoms with van der Waals surface area (Å²) in [5, 5.41) is 26.0. The van der Waals surface area contributed by atoms with E-state index in [4.69, 9.17) is 34.9 Å². The summed E-state index contributed by atoms with van der Waals surface area (Å²) in [6.45, 7) is 25.8. The number of amidine groups is 1. The summed E-state index contributed by atoms with van der Waals surface area (Å²) in [5.74, 6) is -1.55. The molecule has 2 rings (SSSR count). The topological polar surface area (TPSA) is 255 Å². The number of ether oxygens (including phenoxy) is 4. The Hall–Kier alpha value is -4.58. The van der Waals surface area contributed by atoms with Gasteiger partial charge in [-0.15, -0.1) is 4.99 Å². The molecule has 304 valence electrons. The van der Waals surface area contributed by atoms with Crippen LogP contribution >= 0.6 is 0 Å². The van der Waals surface area contributed by atoms with Crippen molar-refractivity contribution in [1.82, 2.24) is 20.4 Å². The number of hydrogen-bond acceptors (Lipinski definition) is 12. The van der Waals surface area contributed by atoms with Crippen LogP contribution in [0.5, 0.6) is 0 Å². The first-order chi connectivity index (χ1) is 23.9. The van der Waals surface area contributed by atoms with Crippen LogP contribution in [0.25, 0.3) is 0 Å². The molecule has 1 aliphatic rings. The third kappa shape index (κ3) is 27.7. The number of alkyl carbamates (subject to hydrolysis) is 2. The number of carboxylic acid groups (broad SMARTS) is 2. The van der Waals surface area contributed by atoms with Crippen molar-refractivity contribution in [2.45, 2.75) is 127 Å². The van der Waals surface area contributed by atoms with Crippen LogP contribution in [0, 0.1) is 10.8 Å². The van der Waals surface area contributed by atoms with Crippen molar-refractivity contribution < 1.29 is 53.1 Å². The maximum atomic E-state index is 11.8. The molecular weight excluding hydrogens is 694 g/mol. The lowest BCUT2D eigenvalue weighted by Crippen LogP contribution is -2.40. The standard InChI is InChI=1S/C14H22N4O4.C12H22N2O4.C5H11NO2.C4H8O/c1-13(2,3)21-11(19)16-10(18-9-7-8-15-18)17-12(20)22-14(4,5)6;1-8(13-7-12(5,6)9(15)16)14-10(17)18-11(2,3)4;1-5(2,3-6)4(7)8;1-2-4-5-3-1/h7-9H,1-6H3,(H,16,17,19,20);7H2,1-6H3,(H,15,16)(H,13,14,17);3,6H2,1-2H3,(H,7,8);1-4H2. The molecule has 1 fully saturated rings. The van der Waals surface area contributed by atoms with Gasteiger partial charge in [0.1, 0.15) is 22.6 Å². The van der Waals surface area contributed by atoms with E-state index >= 15 is 0 Å². The number of aliphatic carboxylic acids is 2. The zero-order valence-corrected chi connectivity index (χ0v) is 33.9. The highest BCUT2D eigenvalue weighted by Gasteiger charge is 2.27. The SMILES string of the molecule is C1CCOC1.CC(=NCC(C)(C)C(=O)O)NC(=O)OC(C)(C)C.CC(C)(C)OC(=O)N=C(NC(=O)OC(C)(C)C)n1cccn1.CC(C)(CN)C(=O)O. The van der Waals surface area contributed by atoms with Gasteiger partial charge < -0.3 is 34.9 Å². The minimum absolute atomic E-state index is 0.0873. The van der Waals surface area contributed by atoms with Crippen molar-refractivity contribution in [3.05, 3.63) is 18.5 Å². The van der Waals surface area contributed by atoms with Gasteiger partial charge in [0, 0.05) is 32.2 Å². The molecule has 0 atom stereocenters. The zero-order chi connectivity index (χ0) is 41.8. The lowest BCUT2D eigenvalue weighted by Gasteiger charge is -2.20. The average Bonchev–Trinajstić information content (AvgIpc) is 3.71. The van der Waals surface area contributed by atoms with Crippen LogP contribution in [0.3, 0.4) is 0 Å². The average molecular weight is 758 g/mol. The fraction of sp³-hybridized carbons (Fsp3) is 0.714. The van der Waals surface area contributed by atoms with E-state index in [2.05, 4.69) is 25.7 Å². The summed E-state index contributed by atoms with van der Waals surface area (Å²) in [6.07, 6.45) is 3.39. The Kier molecular flexibility index (Phi) is 21.4. The van der Waals surface area contributed by atoms with Gasteiger partial charge in [-0.05, 0) is 116 Å². The fourth-order valence-electron chi connectivity index (χ4n) is 2.77. The maximum Gasteiger partial charge on any atom is 0.437 e. The monoisotopic (exact) mass is 757 g/mol. The molecule has 0 aromatic carbocycles. The quantitative estimate of drug-likeness (QED) is 0.143. The van der Waals surface area contributed by atoms with Gasteiger partial charge in [0.15, 0.2) is 0 Å². The normalized spacial score (nSPS) is 13.7. The summed E-state index contributed by atoms with van der Waals surface area (Å²) in [4.78, 5) is 63.8. The second-order valence-corrected chi connectivity index (χ2v) is 15.9. The van der Waals surface area contributed by atoms with E-state index in [0.717, 1.165) is 13.2 Å². The fourth-order valence-corrected chi connectivity index (χ4v) is 2.77. The molecule has 0 unspecified atom stereocenters. The lowest BCUT2D eigenvalue weighted by atomic mass is 9.94. The van der Waals surface area contributed by atoms with E-state index < -0.39 is 57.9 Å². The highest BCUT2D eigenvalue weighted by molar-refractivity contribution is 5.99. The Labute approximate surface area is 313 Å². The van der Waals surface area contributed by atoms with Crippen LogP contribution in [0.2, 0.25) is 0 Å². The Bertz CT molecular complexity index is 1360. The van der Waals surface area contributed by atoms with Gasteiger partial charge in [-0.3, -0.25) is 25.2 Å². The van der Waals surface area contributed by atoms with Crippen molar-refractivity contribution in [3.8, 4) is 0 Å². The molecule has 1 aromatic rings. The van der Waals surface area contributed by atoms with Crippen molar-refractivity contribution in [3.63, 3.8) is 0 Å². The number of carbonyl (C=O) groups is 5. The van der Waals surface area contributed by atoms with Gasteiger partial charge in [0.25, 0.3) is 0 Å². The van der Waals surface area contributed by atoms with Gasteiger partial charge in [-0.25, -0.2) is 19.1 Å². The smallest absolute Gasteiger partial charge is 0.437 e. The Morgan fingerprint density at radius 2 is 1.23 bits per heavy atom. The number of aliphatic imine (C=N–C) groups is 2. The molecule has 1 saturated heterocycles. The van der Waals surface area contributed by atoms with Gasteiger partial charge >= 0.3 is 30.2 Å². The Morgan fingerprint density at radius 1 is 0.774 bits per heavy atom. The number of rotatable bonds is 5. The third-order valence-electron chi connectivity index (χ3n) is 5.81. The number of aromatic nitrogens is 2. The van der Waals surface area contributed by atoms with Crippen molar-refractivity contribution in [1.29, 1.82) is 0 Å². The van der Waals surface area contributed by atoms with E-state index in [9.17, 15) is 24.0 Å². The number of nitrogens with two attached hydrogens (primary N) is 1. The molecule has 18 heteroatoms. The van der Waals surface area contributed by atoms with Crippen molar-refractivity contribution in [2.75, 3.05) is 26.3 Å². The summed E-state index contributed by atoms with van der Waals surface area (Å²) in [5.41, 5.74) is 1.45. The molecule has 3 amide bonds. The first-order valence-electron chi connectivity index (χ1n) is 17.0. The number of carboxylic acids is 2. The summed E-state index contributed by atoms with van der Waals surface area (Å²) >= 11 is 0. The highest BCUT2D eigenvalue weighted by atomic mass is 16.6. The molecule has 1 aliphatic heterocycles. The molecule has 0 radical (unpaired) electrons. The van der Waals surface area contributed by atoms with Gasteiger partial charge in [0.05, 0.1) is 17.4 Å². The largest absolute Gasteiger partial charge is 0.481 e.